The quantitative estimate of drug-likeness (QED) is 0.538. The van der Waals surface area contributed by atoms with E-state index in [1.165, 1.54) is 21.0 Å². The van der Waals surface area contributed by atoms with E-state index in [1.54, 1.807) is 14.2 Å². The smallest absolute Gasteiger partial charge is 0.318 e. The highest BCUT2D eigenvalue weighted by molar-refractivity contribution is 7.15. The Bertz CT molecular complexity index is 1150. The Labute approximate surface area is 204 Å². The van der Waals surface area contributed by atoms with E-state index in [1.807, 2.05) is 28.4 Å². The molecule has 3 aromatic rings. The third kappa shape index (κ3) is 4.21. The highest BCUT2D eigenvalue weighted by Crippen LogP contribution is 2.43. The number of thiophene rings is 1. The molecule has 34 heavy (non-hydrogen) atoms. The molecular weight excluding hydrogens is 448 g/mol. The fourth-order valence-corrected chi connectivity index (χ4v) is 6.44. The summed E-state index contributed by atoms with van der Waals surface area (Å²) in [5, 5.41) is 4.38. The molecule has 7 nitrogen and oxygen atoms in total. The van der Waals surface area contributed by atoms with Crippen molar-refractivity contribution >= 4 is 17.4 Å². The number of urea groups is 1. The van der Waals surface area contributed by atoms with Crippen molar-refractivity contribution in [2.45, 2.75) is 32.0 Å². The van der Waals surface area contributed by atoms with E-state index >= 15 is 0 Å². The standard InChI is InChI=1S/C26H32N4O3S/c1-28-14-11-20-21-16-30(26(31)27-12-5-15-32-2)24(18-7-9-19(33-3)10-8-18)22-6-4-13-29(22)25(21)34-23(20)17-28/h4,6-10,13,24H,5,11-12,14-17H2,1-3H3,(H,27,31). The number of likely N-dealkylation sites (N-methyl/N-ethyl adjacent to an activating group) is 1. The van der Waals surface area contributed by atoms with Gasteiger partial charge in [-0.25, -0.2) is 4.79 Å². The second kappa shape index (κ2) is 9.82. The van der Waals surface area contributed by atoms with Gasteiger partial charge < -0.3 is 29.2 Å². The number of aromatic nitrogens is 1. The summed E-state index contributed by atoms with van der Waals surface area (Å²) < 4.78 is 12.8. The van der Waals surface area contributed by atoms with Crippen molar-refractivity contribution in [3.8, 4) is 10.8 Å². The molecule has 0 aliphatic carbocycles. The van der Waals surface area contributed by atoms with Crippen molar-refractivity contribution in [2.75, 3.05) is 41.0 Å². The van der Waals surface area contributed by atoms with Crippen molar-refractivity contribution < 1.29 is 14.3 Å². The molecule has 0 bridgehead atoms. The Morgan fingerprint density at radius 1 is 1.15 bits per heavy atom. The molecule has 0 saturated carbocycles. The molecule has 0 radical (unpaired) electrons. The van der Waals surface area contributed by atoms with Crippen molar-refractivity contribution in [1.82, 2.24) is 19.7 Å². The van der Waals surface area contributed by atoms with Crippen molar-refractivity contribution in [1.29, 1.82) is 0 Å². The SMILES string of the molecule is COCCCNC(=O)N1Cc2c(sc3c2CCN(C)C3)-n2cccc2C1c1ccc(OC)cc1. The number of hydrogen-bond donors (Lipinski definition) is 1. The van der Waals surface area contributed by atoms with Gasteiger partial charge in [0.1, 0.15) is 10.8 Å². The van der Waals surface area contributed by atoms with Crippen LogP contribution in [0.1, 0.15) is 39.7 Å². The average Bonchev–Trinajstić information content (AvgIpc) is 3.43. The van der Waals surface area contributed by atoms with Crippen LogP contribution < -0.4 is 10.1 Å². The van der Waals surface area contributed by atoms with Crippen LogP contribution in [0.3, 0.4) is 0 Å². The number of nitrogens with zero attached hydrogens (tertiary/aromatic N) is 3. The van der Waals surface area contributed by atoms with Gasteiger partial charge >= 0.3 is 6.03 Å². The molecule has 8 heteroatoms. The Morgan fingerprint density at radius 2 is 1.97 bits per heavy atom. The molecule has 4 heterocycles. The van der Waals surface area contributed by atoms with Crippen LogP contribution in [0.5, 0.6) is 5.75 Å². The third-order valence-electron chi connectivity index (χ3n) is 6.75. The first-order valence-electron chi connectivity index (χ1n) is 11.8. The molecule has 0 spiro atoms. The molecule has 5 rings (SSSR count). The largest absolute Gasteiger partial charge is 0.497 e. The maximum absolute atomic E-state index is 13.6. The van der Waals surface area contributed by atoms with Crippen LogP contribution in [0.2, 0.25) is 0 Å². The number of benzene rings is 1. The normalized spacial score (nSPS) is 17.5. The van der Waals surface area contributed by atoms with Crippen LogP contribution >= 0.6 is 11.3 Å². The summed E-state index contributed by atoms with van der Waals surface area (Å²) in [7, 11) is 5.53. The molecular formula is C26H32N4O3S. The first kappa shape index (κ1) is 23.0. The van der Waals surface area contributed by atoms with Gasteiger partial charge in [0, 0.05) is 50.0 Å². The second-order valence-corrected chi connectivity index (χ2v) is 10.0. The lowest BCUT2D eigenvalue weighted by Gasteiger charge is -2.32. The van der Waals surface area contributed by atoms with Gasteiger partial charge in [0.05, 0.1) is 25.4 Å². The second-order valence-electron chi connectivity index (χ2n) is 8.96. The molecule has 180 valence electrons. The van der Waals surface area contributed by atoms with Gasteiger partial charge in [-0.3, -0.25) is 0 Å². The lowest BCUT2D eigenvalue weighted by atomic mass is 10.00. The van der Waals surface area contributed by atoms with Crippen LogP contribution in [0.4, 0.5) is 4.79 Å². The van der Waals surface area contributed by atoms with E-state index in [9.17, 15) is 4.79 Å². The Balaban J connectivity index is 1.59. The first-order valence-corrected chi connectivity index (χ1v) is 12.6. The topological polar surface area (TPSA) is 59.0 Å². The van der Waals surface area contributed by atoms with E-state index in [4.69, 9.17) is 9.47 Å². The molecule has 2 aliphatic rings. The van der Waals surface area contributed by atoms with E-state index in [0.29, 0.717) is 19.7 Å². The third-order valence-corrected chi connectivity index (χ3v) is 8.01. The number of rotatable bonds is 6. The maximum atomic E-state index is 13.6. The molecule has 1 unspecified atom stereocenters. The van der Waals surface area contributed by atoms with Crippen LogP contribution in [-0.2, 0) is 24.2 Å². The number of methoxy groups -OCH3 is 2. The summed E-state index contributed by atoms with van der Waals surface area (Å²) in [4.78, 5) is 19.4. The van der Waals surface area contributed by atoms with E-state index in [0.717, 1.165) is 42.9 Å². The van der Waals surface area contributed by atoms with Crippen LogP contribution in [0.15, 0.2) is 42.6 Å². The van der Waals surface area contributed by atoms with Gasteiger partial charge in [0.15, 0.2) is 0 Å². The molecule has 2 aromatic heterocycles. The lowest BCUT2D eigenvalue weighted by Crippen LogP contribution is -2.42. The lowest BCUT2D eigenvalue weighted by molar-refractivity contribution is 0.174. The molecule has 0 saturated heterocycles. The van der Waals surface area contributed by atoms with Gasteiger partial charge in [-0.1, -0.05) is 12.1 Å². The highest BCUT2D eigenvalue weighted by atomic mass is 32.1. The number of amides is 2. The summed E-state index contributed by atoms with van der Waals surface area (Å²) in [6.45, 7) is 3.80. The number of fused-ring (bicyclic) bond motifs is 5. The number of carbonyl (C=O) groups excluding carboxylic acids is 1. The maximum Gasteiger partial charge on any atom is 0.318 e. The number of hydrogen-bond acceptors (Lipinski definition) is 5. The summed E-state index contributed by atoms with van der Waals surface area (Å²) in [6.07, 6.45) is 3.94. The van der Waals surface area contributed by atoms with Crippen molar-refractivity contribution in [3.05, 3.63) is 69.9 Å². The minimum Gasteiger partial charge on any atom is -0.497 e. The van der Waals surface area contributed by atoms with Gasteiger partial charge in [0.25, 0.3) is 0 Å². The number of ether oxygens (including phenoxy) is 2. The zero-order chi connectivity index (χ0) is 23.7. The van der Waals surface area contributed by atoms with Crippen molar-refractivity contribution in [2.24, 2.45) is 0 Å². The summed E-state index contributed by atoms with van der Waals surface area (Å²) in [5.74, 6) is 0.806. The summed E-state index contributed by atoms with van der Waals surface area (Å²) in [6, 6.07) is 12.0. The Morgan fingerprint density at radius 3 is 2.74 bits per heavy atom. The zero-order valence-corrected chi connectivity index (χ0v) is 20.9. The Hall–Kier alpha value is -2.81. The Kier molecular flexibility index (Phi) is 6.63. The van der Waals surface area contributed by atoms with Crippen LogP contribution in [0.25, 0.3) is 5.00 Å². The van der Waals surface area contributed by atoms with Crippen molar-refractivity contribution in [3.63, 3.8) is 0 Å². The summed E-state index contributed by atoms with van der Waals surface area (Å²) >= 11 is 1.87. The fraction of sp³-hybridized carbons (Fsp3) is 0.423. The predicted molar refractivity (Wildman–Crippen MR) is 134 cm³/mol. The minimum atomic E-state index is -0.204. The highest BCUT2D eigenvalue weighted by Gasteiger charge is 2.36. The molecule has 1 aromatic carbocycles. The van der Waals surface area contributed by atoms with Crippen LogP contribution in [-0.4, -0.2) is 61.4 Å². The number of nitrogens with one attached hydrogen (secondary N) is 1. The molecule has 2 aliphatic heterocycles. The van der Waals surface area contributed by atoms with Gasteiger partial charge in [-0.15, -0.1) is 11.3 Å². The molecule has 1 atom stereocenters. The molecule has 1 N–H and O–H groups in total. The van der Waals surface area contributed by atoms with Gasteiger partial charge in [-0.05, 0) is 55.3 Å². The summed E-state index contributed by atoms with van der Waals surface area (Å²) in [5.41, 5.74) is 4.87. The predicted octanol–water partition coefficient (Wildman–Crippen LogP) is 4.19. The van der Waals surface area contributed by atoms with Gasteiger partial charge in [0.2, 0.25) is 0 Å². The monoisotopic (exact) mass is 480 g/mol. The van der Waals surface area contributed by atoms with Crippen LogP contribution in [0, 0.1) is 0 Å². The van der Waals surface area contributed by atoms with E-state index in [-0.39, 0.29) is 12.1 Å². The van der Waals surface area contributed by atoms with E-state index in [2.05, 4.69) is 52.3 Å². The first-order chi connectivity index (χ1) is 16.6. The molecule has 0 fully saturated rings. The minimum absolute atomic E-state index is 0.0506. The van der Waals surface area contributed by atoms with E-state index < -0.39 is 0 Å². The van der Waals surface area contributed by atoms with Gasteiger partial charge in [-0.2, -0.15) is 0 Å². The zero-order valence-electron chi connectivity index (χ0n) is 20.0. The number of carbonyl (C=O) groups is 1. The molecule has 2 amide bonds. The average molecular weight is 481 g/mol. The fourth-order valence-electron chi connectivity index (χ4n) is 5.00.